The van der Waals surface area contributed by atoms with Crippen LogP contribution in [-0.2, 0) is 14.3 Å². The largest absolute Gasteiger partial charge is 0.376 e. The van der Waals surface area contributed by atoms with Gasteiger partial charge in [-0.3, -0.25) is 9.59 Å². The zero-order valence-electron chi connectivity index (χ0n) is 17.2. The average Bonchev–Trinajstić information content (AvgIpc) is 3.16. The molecule has 0 aliphatic carbocycles. The molecule has 1 aliphatic heterocycles. The van der Waals surface area contributed by atoms with Gasteiger partial charge in [0.25, 0.3) is 0 Å². The maximum Gasteiger partial charge on any atom is 0.245 e. The van der Waals surface area contributed by atoms with E-state index in [0.717, 1.165) is 31.6 Å². The molecule has 152 valence electrons. The molecule has 1 N–H and O–H groups in total. The summed E-state index contributed by atoms with van der Waals surface area (Å²) in [5.74, 6) is 0.0843. The Morgan fingerprint density at radius 2 is 2.19 bits per heavy atom. The molecule has 0 spiro atoms. The third-order valence-electron chi connectivity index (χ3n) is 4.48. The van der Waals surface area contributed by atoms with Gasteiger partial charge in [-0.1, -0.05) is 27.7 Å². The number of hydrogen-bond donors (Lipinski definition) is 1. The second-order valence-electron chi connectivity index (χ2n) is 8.83. The van der Waals surface area contributed by atoms with Gasteiger partial charge < -0.3 is 15.0 Å². The van der Waals surface area contributed by atoms with E-state index in [1.807, 2.05) is 12.3 Å². The molecule has 1 saturated heterocycles. The summed E-state index contributed by atoms with van der Waals surface area (Å²) in [4.78, 5) is 31.3. The standard InChI is InChI=1S/C20H33N3O3S/c1-14(10-20(3,4)5)9-18(25)23(11-16-7-6-8-26-16)12-17(24)22-19-21-15(2)13-27-19/h13-14,16H,6-12H2,1-5H3,(H,21,22,24). The van der Waals surface area contributed by atoms with Crippen molar-refractivity contribution in [1.82, 2.24) is 9.88 Å². The van der Waals surface area contributed by atoms with Crippen molar-refractivity contribution < 1.29 is 14.3 Å². The summed E-state index contributed by atoms with van der Waals surface area (Å²) in [5, 5.41) is 5.26. The van der Waals surface area contributed by atoms with Crippen molar-refractivity contribution in [2.75, 3.05) is 25.0 Å². The number of hydrogen-bond acceptors (Lipinski definition) is 5. The molecule has 2 rings (SSSR count). The van der Waals surface area contributed by atoms with Crippen LogP contribution in [0.2, 0.25) is 0 Å². The molecule has 27 heavy (non-hydrogen) atoms. The van der Waals surface area contributed by atoms with E-state index in [1.54, 1.807) is 4.90 Å². The molecule has 0 radical (unpaired) electrons. The number of anilines is 1. The van der Waals surface area contributed by atoms with Gasteiger partial charge in [0.1, 0.15) is 6.54 Å². The number of aryl methyl sites for hydroxylation is 1. The Kier molecular flexibility index (Phi) is 7.79. The van der Waals surface area contributed by atoms with Crippen molar-refractivity contribution in [3.05, 3.63) is 11.1 Å². The number of thiazole rings is 1. The van der Waals surface area contributed by atoms with Crippen molar-refractivity contribution in [2.45, 2.75) is 66.4 Å². The lowest BCUT2D eigenvalue weighted by Crippen LogP contribution is -2.43. The van der Waals surface area contributed by atoms with Gasteiger partial charge in [0.15, 0.2) is 5.13 Å². The Morgan fingerprint density at radius 3 is 2.74 bits per heavy atom. The van der Waals surface area contributed by atoms with Gasteiger partial charge in [-0.15, -0.1) is 11.3 Å². The summed E-state index contributed by atoms with van der Waals surface area (Å²) in [6, 6.07) is 0. The second-order valence-corrected chi connectivity index (χ2v) is 9.68. The molecular formula is C20H33N3O3S. The van der Waals surface area contributed by atoms with Crippen LogP contribution in [0.1, 0.15) is 59.1 Å². The normalized spacial score (nSPS) is 18.3. The summed E-state index contributed by atoms with van der Waals surface area (Å²) in [6.45, 7) is 11.8. The number of amides is 2. The fraction of sp³-hybridized carbons (Fsp3) is 0.750. The van der Waals surface area contributed by atoms with E-state index in [-0.39, 0.29) is 35.8 Å². The lowest BCUT2D eigenvalue weighted by atomic mass is 9.84. The van der Waals surface area contributed by atoms with Crippen LogP contribution in [0.3, 0.4) is 0 Å². The van der Waals surface area contributed by atoms with E-state index in [1.165, 1.54) is 11.3 Å². The SMILES string of the molecule is Cc1csc(NC(=O)CN(CC2CCCO2)C(=O)CC(C)CC(C)(C)C)n1. The first-order valence-electron chi connectivity index (χ1n) is 9.74. The Hall–Kier alpha value is -1.47. The number of rotatable bonds is 8. The minimum absolute atomic E-state index is 0.0210. The molecule has 0 bridgehead atoms. The van der Waals surface area contributed by atoms with Crippen LogP contribution < -0.4 is 5.32 Å². The Morgan fingerprint density at radius 1 is 1.44 bits per heavy atom. The second kappa shape index (κ2) is 9.64. The molecule has 1 aliphatic rings. The van der Waals surface area contributed by atoms with Crippen molar-refractivity contribution in [2.24, 2.45) is 11.3 Å². The number of carbonyl (C=O) groups is 2. The highest BCUT2D eigenvalue weighted by Crippen LogP contribution is 2.26. The summed E-state index contributed by atoms with van der Waals surface area (Å²) < 4.78 is 5.69. The monoisotopic (exact) mass is 395 g/mol. The predicted octanol–water partition coefficient (Wildman–Crippen LogP) is 3.86. The van der Waals surface area contributed by atoms with Gasteiger partial charge in [0, 0.05) is 25.0 Å². The molecule has 2 atom stereocenters. The Balaban J connectivity index is 1.96. The van der Waals surface area contributed by atoms with E-state index in [2.05, 4.69) is 38.0 Å². The van der Waals surface area contributed by atoms with Crippen LogP contribution in [0, 0.1) is 18.3 Å². The fourth-order valence-corrected chi connectivity index (χ4v) is 4.28. The van der Waals surface area contributed by atoms with E-state index in [9.17, 15) is 9.59 Å². The van der Waals surface area contributed by atoms with Crippen LogP contribution >= 0.6 is 11.3 Å². The summed E-state index contributed by atoms with van der Waals surface area (Å²) in [7, 11) is 0. The molecule has 2 unspecified atom stereocenters. The molecule has 6 nitrogen and oxygen atoms in total. The maximum atomic E-state index is 12.9. The van der Waals surface area contributed by atoms with Crippen LogP contribution in [-0.4, -0.2) is 47.5 Å². The van der Waals surface area contributed by atoms with Crippen molar-refractivity contribution >= 4 is 28.3 Å². The van der Waals surface area contributed by atoms with Crippen LogP contribution in [0.4, 0.5) is 5.13 Å². The molecule has 0 saturated carbocycles. The van der Waals surface area contributed by atoms with Gasteiger partial charge in [0.2, 0.25) is 11.8 Å². The topological polar surface area (TPSA) is 71.5 Å². The number of nitrogens with one attached hydrogen (secondary N) is 1. The van der Waals surface area contributed by atoms with Crippen molar-refractivity contribution in [1.29, 1.82) is 0 Å². The first kappa shape index (κ1) is 21.8. The quantitative estimate of drug-likeness (QED) is 0.725. The third-order valence-corrected chi connectivity index (χ3v) is 5.36. The number of aromatic nitrogens is 1. The number of ether oxygens (including phenoxy) is 1. The lowest BCUT2D eigenvalue weighted by molar-refractivity contribution is -0.137. The van der Waals surface area contributed by atoms with Gasteiger partial charge in [-0.2, -0.15) is 0 Å². The highest BCUT2D eigenvalue weighted by molar-refractivity contribution is 7.13. The molecule has 1 fully saturated rings. The number of nitrogens with zero attached hydrogens (tertiary/aromatic N) is 2. The highest BCUT2D eigenvalue weighted by Gasteiger charge is 2.26. The molecule has 2 heterocycles. The first-order valence-corrected chi connectivity index (χ1v) is 10.6. The summed E-state index contributed by atoms with van der Waals surface area (Å²) in [5.41, 5.74) is 1.05. The van der Waals surface area contributed by atoms with E-state index in [4.69, 9.17) is 4.74 Å². The van der Waals surface area contributed by atoms with Gasteiger partial charge in [-0.05, 0) is 37.5 Å². The maximum absolute atomic E-state index is 12.9. The van der Waals surface area contributed by atoms with Crippen LogP contribution in [0.15, 0.2) is 5.38 Å². The van der Waals surface area contributed by atoms with Crippen LogP contribution in [0.5, 0.6) is 0 Å². The average molecular weight is 396 g/mol. The van der Waals surface area contributed by atoms with E-state index >= 15 is 0 Å². The minimum atomic E-state index is -0.209. The fourth-order valence-electron chi connectivity index (χ4n) is 3.58. The molecule has 0 aromatic carbocycles. The Bertz CT molecular complexity index is 633. The summed E-state index contributed by atoms with van der Waals surface area (Å²) >= 11 is 1.39. The zero-order chi connectivity index (χ0) is 20.0. The highest BCUT2D eigenvalue weighted by atomic mass is 32.1. The molecule has 1 aromatic heterocycles. The zero-order valence-corrected chi connectivity index (χ0v) is 18.0. The molecule has 2 amide bonds. The van der Waals surface area contributed by atoms with E-state index < -0.39 is 0 Å². The number of carbonyl (C=O) groups excluding carboxylic acids is 2. The van der Waals surface area contributed by atoms with Crippen molar-refractivity contribution in [3.8, 4) is 0 Å². The third kappa shape index (κ3) is 7.97. The smallest absolute Gasteiger partial charge is 0.245 e. The first-order chi connectivity index (χ1) is 12.6. The minimum Gasteiger partial charge on any atom is -0.376 e. The van der Waals surface area contributed by atoms with Gasteiger partial charge >= 0.3 is 0 Å². The molecular weight excluding hydrogens is 362 g/mol. The Labute approximate surface area is 166 Å². The van der Waals surface area contributed by atoms with Crippen molar-refractivity contribution in [3.63, 3.8) is 0 Å². The van der Waals surface area contributed by atoms with Crippen LogP contribution in [0.25, 0.3) is 0 Å². The predicted molar refractivity (Wildman–Crippen MR) is 109 cm³/mol. The summed E-state index contributed by atoms with van der Waals surface area (Å²) in [6.07, 6.45) is 3.40. The van der Waals surface area contributed by atoms with Gasteiger partial charge in [-0.25, -0.2) is 4.98 Å². The lowest BCUT2D eigenvalue weighted by Gasteiger charge is -2.28. The van der Waals surface area contributed by atoms with E-state index in [0.29, 0.717) is 18.1 Å². The molecule has 1 aromatic rings. The van der Waals surface area contributed by atoms with Gasteiger partial charge in [0.05, 0.1) is 11.8 Å². The molecule has 7 heteroatoms.